The SMILES string of the molecule is O=Cc1ccc(-c2cccc(-n3cn[nH]c3=O)c2)cc1. The molecule has 0 aliphatic heterocycles. The lowest BCUT2D eigenvalue weighted by Gasteiger charge is -2.05. The minimum absolute atomic E-state index is 0.279. The number of H-pyrrole nitrogens is 1. The van der Waals surface area contributed by atoms with E-state index in [1.54, 1.807) is 12.1 Å². The second kappa shape index (κ2) is 4.97. The number of benzene rings is 2. The second-order valence-corrected chi connectivity index (χ2v) is 4.32. The number of carbonyl (C=O) groups excluding carboxylic acids is 1. The largest absolute Gasteiger partial charge is 0.347 e. The van der Waals surface area contributed by atoms with Gasteiger partial charge in [-0.3, -0.25) is 4.79 Å². The van der Waals surface area contributed by atoms with Crippen LogP contribution >= 0.6 is 0 Å². The van der Waals surface area contributed by atoms with Crippen LogP contribution in [0, 0.1) is 0 Å². The van der Waals surface area contributed by atoms with E-state index in [0.717, 1.165) is 23.1 Å². The summed E-state index contributed by atoms with van der Waals surface area (Å²) in [5.41, 5.74) is 3.04. The van der Waals surface area contributed by atoms with Gasteiger partial charge >= 0.3 is 5.69 Å². The molecule has 1 aromatic heterocycles. The quantitative estimate of drug-likeness (QED) is 0.737. The molecule has 5 nitrogen and oxygen atoms in total. The van der Waals surface area contributed by atoms with Gasteiger partial charge in [0.25, 0.3) is 0 Å². The first-order valence-electron chi connectivity index (χ1n) is 6.06. The monoisotopic (exact) mass is 265 g/mol. The third-order valence-corrected chi connectivity index (χ3v) is 3.06. The van der Waals surface area contributed by atoms with Crippen LogP contribution in [0.5, 0.6) is 0 Å². The van der Waals surface area contributed by atoms with Gasteiger partial charge in [0.15, 0.2) is 0 Å². The van der Waals surface area contributed by atoms with Crippen LogP contribution in [-0.4, -0.2) is 21.1 Å². The zero-order valence-corrected chi connectivity index (χ0v) is 10.5. The maximum Gasteiger partial charge on any atom is 0.347 e. The Morgan fingerprint density at radius 3 is 2.50 bits per heavy atom. The van der Waals surface area contributed by atoms with Gasteiger partial charge in [-0.25, -0.2) is 14.5 Å². The van der Waals surface area contributed by atoms with E-state index >= 15 is 0 Å². The molecular weight excluding hydrogens is 254 g/mol. The fourth-order valence-corrected chi connectivity index (χ4v) is 2.02. The van der Waals surface area contributed by atoms with Gasteiger partial charge in [-0.15, -0.1) is 0 Å². The lowest BCUT2D eigenvalue weighted by atomic mass is 10.0. The third-order valence-electron chi connectivity index (χ3n) is 3.06. The highest BCUT2D eigenvalue weighted by Gasteiger charge is 2.03. The molecule has 2 aromatic carbocycles. The molecule has 0 bridgehead atoms. The van der Waals surface area contributed by atoms with Gasteiger partial charge in [-0.2, -0.15) is 5.10 Å². The molecule has 5 heteroatoms. The van der Waals surface area contributed by atoms with Crippen LogP contribution in [0.4, 0.5) is 0 Å². The molecule has 0 saturated carbocycles. The lowest BCUT2D eigenvalue weighted by Crippen LogP contribution is -2.13. The molecule has 20 heavy (non-hydrogen) atoms. The first-order valence-corrected chi connectivity index (χ1v) is 6.06. The van der Waals surface area contributed by atoms with Crippen molar-refractivity contribution in [2.45, 2.75) is 0 Å². The van der Waals surface area contributed by atoms with Crippen molar-refractivity contribution in [1.29, 1.82) is 0 Å². The van der Waals surface area contributed by atoms with E-state index in [4.69, 9.17) is 0 Å². The van der Waals surface area contributed by atoms with Crippen LogP contribution in [0.3, 0.4) is 0 Å². The topological polar surface area (TPSA) is 67.8 Å². The summed E-state index contributed by atoms with van der Waals surface area (Å²) in [6.07, 6.45) is 2.25. The molecule has 0 aliphatic carbocycles. The molecule has 1 N–H and O–H groups in total. The van der Waals surface area contributed by atoms with Gasteiger partial charge in [-0.05, 0) is 23.3 Å². The highest BCUT2D eigenvalue weighted by molar-refractivity contribution is 5.77. The predicted molar refractivity (Wildman–Crippen MR) is 75.0 cm³/mol. The maximum atomic E-state index is 11.6. The first kappa shape index (κ1) is 12.1. The van der Waals surface area contributed by atoms with Crippen molar-refractivity contribution in [2.75, 3.05) is 0 Å². The molecule has 3 rings (SSSR count). The number of aromatic amines is 1. The molecule has 0 atom stereocenters. The molecule has 0 fully saturated rings. The molecule has 3 aromatic rings. The molecule has 0 spiro atoms. The van der Waals surface area contributed by atoms with Gasteiger partial charge < -0.3 is 0 Å². The molecule has 0 radical (unpaired) electrons. The molecular formula is C15H11N3O2. The average molecular weight is 265 g/mol. The van der Waals surface area contributed by atoms with E-state index in [2.05, 4.69) is 10.2 Å². The average Bonchev–Trinajstić information content (AvgIpc) is 2.94. The van der Waals surface area contributed by atoms with Crippen molar-refractivity contribution < 1.29 is 4.79 Å². The molecule has 0 unspecified atom stereocenters. The van der Waals surface area contributed by atoms with E-state index < -0.39 is 0 Å². The molecule has 0 aliphatic rings. The van der Waals surface area contributed by atoms with Gasteiger partial charge in [0.2, 0.25) is 0 Å². The number of nitrogens with one attached hydrogen (secondary N) is 1. The van der Waals surface area contributed by atoms with Crippen LogP contribution in [0.15, 0.2) is 59.7 Å². The first-order chi connectivity index (χ1) is 9.78. The Morgan fingerprint density at radius 1 is 1.05 bits per heavy atom. The number of aromatic nitrogens is 3. The standard InChI is InChI=1S/C15H11N3O2/c19-9-11-4-6-12(7-5-11)13-2-1-3-14(8-13)18-10-16-17-15(18)20/h1-10H,(H,17,20). The normalized spacial score (nSPS) is 10.4. The summed E-state index contributed by atoms with van der Waals surface area (Å²) in [6.45, 7) is 0. The van der Waals surface area contributed by atoms with Gasteiger partial charge in [0.05, 0.1) is 5.69 Å². The van der Waals surface area contributed by atoms with E-state index in [0.29, 0.717) is 5.56 Å². The predicted octanol–water partition coefficient (Wildman–Crippen LogP) is 2.04. The Morgan fingerprint density at radius 2 is 1.85 bits per heavy atom. The van der Waals surface area contributed by atoms with Crippen molar-refractivity contribution in [3.63, 3.8) is 0 Å². The summed E-state index contributed by atoms with van der Waals surface area (Å²) in [7, 11) is 0. The van der Waals surface area contributed by atoms with Crippen molar-refractivity contribution in [3.8, 4) is 16.8 Å². The lowest BCUT2D eigenvalue weighted by molar-refractivity contribution is 0.112. The maximum absolute atomic E-state index is 11.6. The number of carbonyl (C=O) groups is 1. The summed E-state index contributed by atoms with van der Waals surface area (Å²) in [6, 6.07) is 14.8. The number of hydrogen-bond donors (Lipinski definition) is 1. The van der Waals surface area contributed by atoms with Crippen LogP contribution < -0.4 is 5.69 Å². The van der Waals surface area contributed by atoms with Crippen molar-refractivity contribution in [2.24, 2.45) is 0 Å². The Labute approximate surface area is 114 Å². The van der Waals surface area contributed by atoms with E-state index in [1.165, 1.54) is 10.9 Å². The molecule has 0 amide bonds. The summed E-state index contributed by atoms with van der Waals surface area (Å²) < 4.78 is 1.43. The van der Waals surface area contributed by atoms with Crippen molar-refractivity contribution >= 4 is 6.29 Å². The number of hydrogen-bond acceptors (Lipinski definition) is 3. The van der Waals surface area contributed by atoms with Gasteiger partial charge in [-0.1, -0.05) is 36.4 Å². The third kappa shape index (κ3) is 2.16. The molecule has 98 valence electrons. The summed E-state index contributed by atoms with van der Waals surface area (Å²) in [4.78, 5) is 22.2. The Hall–Kier alpha value is -2.95. The number of aldehydes is 1. The van der Waals surface area contributed by atoms with E-state index in [1.807, 2.05) is 36.4 Å². The zero-order chi connectivity index (χ0) is 13.9. The Bertz CT molecular complexity index is 800. The summed E-state index contributed by atoms with van der Waals surface area (Å²) in [5, 5.41) is 6.07. The van der Waals surface area contributed by atoms with Gasteiger partial charge in [0.1, 0.15) is 12.6 Å². The smallest absolute Gasteiger partial charge is 0.298 e. The van der Waals surface area contributed by atoms with Crippen LogP contribution in [0.2, 0.25) is 0 Å². The number of rotatable bonds is 3. The minimum Gasteiger partial charge on any atom is -0.298 e. The number of nitrogens with zero attached hydrogens (tertiary/aromatic N) is 2. The van der Waals surface area contributed by atoms with Crippen LogP contribution in [-0.2, 0) is 0 Å². The Kier molecular flexibility index (Phi) is 3.01. The highest BCUT2D eigenvalue weighted by atomic mass is 16.1. The fraction of sp³-hybridized carbons (Fsp3) is 0. The van der Waals surface area contributed by atoms with Crippen molar-refractivity contribution in [3.05, 3.63) is 70.9 Å². The van der Waals surface area contributed by atoms with Crippen LogP contribution in [0.1, 0.15) is 10.4 Å². The van der Waals surface area contributed by atoms with E-state index in [9.17, 15) is 9.59 Å². The Balaban J connectivity index is 2.04. The molecule has 0 saturated heterocycles. The van der Waals surface area contributed by atoms with Crippen LogP contribution in [0.25, 0.3) is 16.8 Å². The highest BCUT2D eigenvalue weighted by Crippen LogP contribution is 2.21. The summed E-state index contributed by atoms with van der Waals surface area (Å²) in [5.74, 6) is 0. The minimum atomic E-state index is -0.279. The van der Waals surface area contributed by atoms with Crippen molar-refractivity contribution in [1.82, 2.24) is 14.8 Å². The zero-order valence-electron chi connectivity index (χ0n) is 10.5. The fourth-order valence-electron chi connectivity index (χ4n) is 2.02. The van der Waals surface area contributed by atoms with Gasteiger partial charge in [0, 0.05) is 5.56 Å². The van der Waals surface area contributed by atoms with E-state index in [-0.39, 0.29) is 5.69 Å². The second-order valence-electron chi connectivity index (χ2n) is 4.32. The molecule has 1 heterocycles. The summed E-state index contributed by atoms with van der Waals surface area (Å²) >= 11 is 0.